The van der Waals surface area contributed by atoms with Gasteiger partial charge < -0.3 is 20.3 Å². The van der Waals surface area contributed by atoms with E-state index in [1.54, 1.807) is 24.8 Å². The van der Waals surface area contributed by atoms with E-state index in [9.17, 15) is 4.79 Å². The van der Waals surface area contributed by atoms with Gasteiger partial charge in [-0.25, -0.2) is 15.0 Å². The molecule has 34 heavy (non-hydrogen) atoms. The Hall–Kier alpha value is -4.37. The van der Waals surface area contributed by atoms with Crippen LogP contribution in [0.1, 0.15) is 0 Å². The number of carbonyl (C=O) groups is 1. The molecule has 0 saturated carbocycles. The number of fused-ring (bicyclic) bond motifs is 1. The predicted molar refractivity (Wildman–Crippen MR) is 132 cm³/mol. The van der Waals surface area contributed by atoms with Crippen molar-refractivity contribution in [3.05, 3.63) is 73.8 Å². The Kier molecular flexibility index (Phi) is 6.09. The Bertz CT molecular complexity index is 1330. The average Bonchev–Trinajstić information content (AvgIpc) is 2.89. The van der Waals surface area contributed by atoms with Crippen LogP contribution in [0, 0.1) is 0 Å². The van der Waals surface area contributed by atoms with Crippen molar-refractivity contribution in [2.24, 2.45) is 0 Å². The Morgan fingerprint density at radius 1 is 1.03 bits per heavy atom. The lowest BCUT2D eigenvalue weighted by molar-refractivity contribution is -0.111. The molecule has 1 aliphatic rings. The van der Waals surface area contributed by atoms with E-state index in [0.717, 1.165) is 46.6 Å². The normalized spacial score (nSPS) is 13.5. The van der Waals surface area contributed by atoms with E-state index in [1.165, 1.54) is 6.08 Å². The minimum absolute atomic E-state index is 0.268. The topological polar surface area (TPSA) is 105 Å². The van der Waals surface area contributed by atoms with Gasteiger partial charge in [-0.1, -0.05) is 18.7 Å². The summed E-state index contributed by atoms with van der Waals surface area (Å²) in [4.78, 5) is 32.0. The molecular formula is C25H23N7O2. The molecule has 9 nitrogen and oxygen atoms in total. The SMILES string of the molecule is C=CC(=O)Nc1cccc(-c2cncc3cnc(Nc4ccc(N5CCOCC5)nc4)nc23)c1. The van der Waals surface area contributed by atoms with Crippen LogP contribution in [0.5, 0.6) is 0 Å². The lowest BCUT2D eigenvalue weighted by Gasteiger charge is -2.27. The van der Waals surface area contributed by atoms with Crippen LogP contribution in [0.2, 0.25) is 0 Å². The number of carbonyl (C=O) groups excluding carboxylic acids is 1. The molecule has 0 spiro atoms. The van der Waals surface area contributed by atoms with E-state index in [0.29, 0.717) is 24.8 Å². The first-order chi connectivity index (χ1) is 16.7. The molecule has 4 heterocycles. The molecule has 1 amide bonds. The van der Waals surface area contributed by atoms with Crippen LogP contribution >= 0.6 is 0 Å². The fourth-order valence-corrected chi connectivity index (χ4v) is 3.75. The van der Waals surface area contributed by atoms with Crippen LogP contribution in [0.15, 0.2) is 73.8 Å². The van der Waals surface area contributed by atoms with Crippen LogP contribution in [-0.2, 0) is 9.53 Å². The molecule has 1 saturated heterocycles. The van der Waals surface area contributed by atoms with Gasteiger partial charge in [0, 0.05) is 48.3 Å². The van der Waals surface area contributed by atoms with Gasteiger partial charge in [0.25, 0.3) is 0 Å². The maximum Gasteiger partial charge on any atom is 0.247 e. The third kappa shape index (κ3) is 4.69. The van der Waals surface area contributed by atoms with E-state index in [2.05, 4.69) is 37.1 Å². The summed E-state index contributed by atoms with van der Waals surface area (Å²) in [5.41, 5.74) is 3.91. The minimum Gasteiger partial charge on any atom is -0.378 e. The lowest BCUT2D eigenvalue weighted by atomic mass is 10.0. The summed E-state index contributed by atoms with van der Waals surface area (Å²) in [6, 6.07) is 11.5. The molecule has 9 heteroatoms. The summed E-state index contributed by atoms with van der Waals surface area (Å²) >= 11 is 0. The van der Waals surface area contributed by atoms with Gasteiger partial charge in [0.15, 0.2) is 0 Å². The van der Waals surface area contributed by atoms with E-state index in [1.807, 2.05) is 36.4 Å². The van der Waals surface area contributed by atoms with E-state index >= 15 is 0 Å². The number of benzene rings is 1. The van der Waals surface area contributed by atoms with Gasteiger partial charge in [0.05, 0.1) is 30.6 Å². The Morgan fingerprint density at radius 2 is 1.91 bits per heavy atom. The molecule has 0 radical (unpaired) electrons. The fraction of sp³-hybridized carbons (Fsp3) is 0.160. The highest BCUT2D eigenvalue weighted by Gasteiger charge is 2.13. The van der Waals surface area contributed by atoms with Crippen LogP contribution in [-0.4, -0.2) is 52.1 Å². The molecule has 170 valence electrons. The first kappa shape index (κ1) is 21.5. The summed E-state index contributed by atoms with van der Waals surface area (Å²) in [7, 11) is 0. The molecule has 4 aromatic rings. The molecule has 1 fully saturated rings. The number of pyridine rings is 2. The smallest absolute Gasteiger partial charge is 0.247 e. The first-order valence-corrected chi connectivity index (χ1v) is 10.9. The van der Waals surface area contributed by atoms with Gasteiger partial charge in [-0.15, -0.1) is 0 Å². The van der Waals surface area contributed by atoms with Crippen molar-refractivity contribution in [1.29, 1.82) is 0 Å². The highest BCUT2D eigenvalue weighted by molar-refractivity contribution is 6.00. The first-order valence-electron chi connectivity index (χ1n) is 10.9. The summed E-state index contributed by atoms with van der Waals surface area (Å²) in [5, 5.41) is 6.83. The maximum atomic E-state index is 11.7. The van der Waals surface area contributed by atoms with Crippen LogP contribution in [0.4, 0.5) is 23.1 Å². The second-order valence-corrected chi connectivity index (χ2v) is 7.72. The number of hydrogen-bond donors (Lipinski definition) is 2. The number of hydrogen-bond acceptors (Lipinski definition) is 8. The van der Waals surface area contributed by atoms with Gasteiger partial charge in [-0.05, 0) is 35.9 Å². The quantitative estimate of drug-likeness (QED) is 0.425. The van der Waals surface area contributed by atoms with Crippen molar-refractivity contribution >= 4 is 40.0 Å². The number of aromatic nitrogens is 4. The second-order valence-electron chi connectivity index (χ2n) is 7.72. The van der Waals surface area contributed by atoms with Gasteiger partial charge in [0.2, 0.25) is 11.9 Å². The third-order valence-corrected chi connectivity index (χ3v) is 5.46. The van der Waals surface area contributed by atoms with Gasteiger partial charge in [-0.2, -0.15) is 0 Å². The Balaban J connectivity index is 1.41. The molecule has 0 atom stereocenters. The standard InChI is InChI=1S/C25H23N7O2/c1-2-23(33)29-19-5-3-4-17(12-19)21-16-26-13-18-14-28-25(31-24(18)21)30-20-6-7-22(27-15-20)32-8-10-34-11-9-32/h2-7,12-16H,1,8-11H2,(H,29,33)(H,28,30,31). The molecule has 5 rings (SSSR count). The number of morpholine rings is 1. The molecule has 0 aliphatic carbocycles. The van der Waals surface area contributed by atoms with E-state index in [4.69, 9.17) is 9.72 Å². The van der Waals surface area contributed by atoms with Gasteiger partial charge >= 0.3 is 0 Å². The molecular weight excluding hydrogens is 430 g/mol. The summed E-state index contributed by atoms with van der Waals surface area (Å²) in [6.07, 6.45) is 8.23. The Morgan fingerprint density at radius 3 is 2.71 bits per heavy atom. The lowest BCUT2D eigenvalue weighted by Crippen LogP contribution is -2.36. The number of nitrogens with one attached hydrogen (secondary N) is 2. The van der Waals surface area contributed by atoms with Crippen LogP contribution in [0.25, 0.3) is 22.0 Å². The zero-order valence-corrected chi connectivity index (χ0v) is 18.4. The van der Waals surface area contributed by atoms with Crippen molar-refractivity contribution in [2.75, 3.05) is 41.8 Å². The molecule has 3 aromatic heterocycles. The van der Waals surface area contributed by atoms with Gasteiger partial charge in [0.1, 0.15) is 5.82 Å². The number of rotatable bonds is 6. The number of nitrogens with zero attached hydrogens (tertiary/aromatic N) is 5. The third-order valence-electron chi connectivity index (χ3n) is 5.46. The molecule has 0 unspecified atom stereocenters. The summed E-state index contributed by atoms with van der Waals surface area (Å²) < 4.78 is 5.40. The summed E-state index contributed by atoms with van der Waals surface area (Å²) in [5.74, 6) is 1.11. The number of anilines is 4. The average molecular weight is 454 g/mol. The van der Waals surface area contributed by atoms with Crippen molar-refractivity contribution in [3.63, 3.8) is 0 Å². The van der Waals surface area contributed by atoms with Crippen LogP contribution in [0.3, 0.4) is 0 Å². The highest BCUT2D eigenvalue weighted by Crippen LogP contribution is 2.29. The molecule has 1 aromatic carbocycles. The monoisotopic (exact) mass is 453 g/mol. The Labute approximate surface area is 196 Å². The van der Waals surface area contributed by atoms with Gasteiger partial charge in [-0.3, -0.25) is 9.78 Å². The number of ether oxygens (including phenoxy) is 1. The second kappa shape index (κ2) is 9.63. The van der Waals surface area contributed by atoms with Crippen molar-refractivity contribution in [3.8, 4) is 11.1 Å². The van der Waals surface area contributed by atoms with E-state index < -0.39 is 0 Å². The fourth-order valence-electron chi connectivity index (χ4n) is 3.75. The van der Waals surface area contributed by atoms with E-state index in [-0.39, 0.29) is 5.91 Å². The zero-order chi connectivity index (χ0) is 23.3. The predicted octanol–water partition coefficient (Wildman–Crippen LogP) is 3.79. The minimum atomic E-state index is -0.268. The van der Waals surface area contributed by atoms with Crippen molar-refractivity contribution < 1.29 is 9.53 Å². The van der Waals surface area contributed by atoms with Crippen molar-refractivity contribution in [1.82, 2.24) is 19.9 Å². The van der Waals surface area contributed by atoms with Crippen LogP contribution < -0.4 is 15.5 Å². The molecule has 1 aliphatic heterocycles. The zero-order valence-electron chi connectivity index (χ0n) is 18.4. The largest absolute Gasteiger partial charge is 0.378 e. The highest BCUT2D eigenvalue weighted by atomic mass is 16.5. The molecule has 2 N–H and O–H groups in total. The van der Waals surface area contributed by atoms with Crippen molar-refractivity contribution in [2.45, 2.75) is 0 Å². The number of amides is 1. The maximum absolute atomic E-state index is 11.7. The summed E-state index contributed by atoms with van der Waals surface area (Å²) in [6.45, 7) is 6.60. The molecule has 0 bridgehead atoms.